The molecule has 0 spiro atoms. The average molecular weight is 245 g/mol. The molecule has 0 bridgehead atoms. The van der Waals surface area contributed by atoms with Gasteiger partial charge in [-0.1, -0.05) is 17.7 Å². The van der Waals surface area contributed by atoms with E-state index in [4.69, 9.17) is 16.3 Å². The summed E-state index contributed by atoms with van der Waals surface area (Å²) in [7, 11) is 1.60. The molecule has 0 heterocycles. The fourth-order valence-corrected chi connectivity index (χ4v) is 1.72. The number of hydrogen-bond donors (Lipinski definition) is 1. The van der Waals surface area contributed by atoms with Crippen LogP contribution in [0.5, 0.6) is 5.75 Å². The molecule has 15 heavy (non-hydrogen) atoms. The minimum absolute atomic E-state index is 0.244. The van der Waals surface area contributed by atoms with Gasteiger partial charge in [-0.25, -0.2) is 0 Å². The topological polar surface area (TPSA) is 26.3 Å². The summed E-state index contributed by atoms with van der Waals surface area (Å²) in [5.41, 5.74) is 0.933. The van der Waals surface area contributed by atoms with Crippen molar-refractivity contribution in [1.82, 2.24) is 0 Å². The fraction of sp³-hybridized carbons (Fsp3) is 0.364. The minimum atomic E-state index is -0.244. The first-order valence-electron chi connectivity index (χ1n) is 4.63. The van der Waals surface area contributed by atoms with E-state index in [9.17, 15) is 4.79 Å². The highest BCUT2D eigenvalue weighted by atomic mass is 35.5. The minimum Gasteiger partial charge on any atom is -0.496 e. The zero-order valence-electron chi connectivity index (χ0n) is 8.44. The number of benzene rings is 1. The number of ether oxygens (including phenoxy) is 1. The Morgan fingerprint density at radius 1 is 1.60 bits per heavy atom. The smallest absolute Gasteiger partial charge is 0.132 e. The highest BCUT2D eigenvalue weighted by Crippen LogP contribution is 2.27. The van der Waals surface area contributed by atoms with Crippen molar-refractivity contribution in [3.05, 3.63) is 28.8 Å². The van der Waals surface area contributed by atoms with Crippen molar-refractivity contribution in [3.8, 4) is 5.75 Å². The summed E-state index contributed by atoms with van der Waals surface area (Å²) in [5, 5.41) is 0.423. The molecule has 2 nitrogen and oxygen atoms in total. The van der Waals surface area contributed by atoms with Crippen LogP contribution in [0.25, 0.3) is 0 Å². The van der Waals surface area contributed by atoms with E-state index < -0.39 is 0 Å². The Hall–Kier alpha value is -0.670. The van der Waals surface area contributed by atoms with E-state index in [0.717, 1.165) is 17.6 Å². The maximum Gasteiger partial charge on any atom is 0.132 e. The lowest BCUT2D eigenvalue weighted by molar-refractivity contribution is -0.107. The summed E-state index contributed by atoms with van der Waals surface area (Å²) in [6.45, 7) is 0. The molecule has 1 atom stereocenters. The van der Waals surface area contributed by atoms with E-state index in [0.29, 0.717) is 17.9 Å². The molecule has 0 saturated carbocycles. The fourth-order valence-electron chi connectivity index (χ4n) is 1.33. The van der Waals surface area contributed by atoms with Crippen molar-refractivity contribution in [2.24, 2.45) is 0 Å². The Kier molecular flexibility index (Phi) is 4.99. The molecule has 0 amide bonds. The van der Waals surface area contributed by atoms with Gasteiger partial charge in [0.1, 0.15) is 12.0 Å². The van der Waals surface area contributed by atoms with Crippen molar-refractivity contribution in [2.45, 2.75) is 18.1 Å². The summed E-state index contributed by atoms with van der Waals surface area (Å²) in [5.74, 6) is 0.758. The standard InChI is InChI=1S/C11H13ClO2S/c1-14-11-4-2-3-10(12)9(11)6-5-8(15)7-13/h2-4,7-8,15H,5-6H2,1H3. The molecule has 0 aliphatic heterocycles. The van der Waals surface area contributed by atoms with Gasteiger partial charge in [0.05, 0.1) is 12.4 Å². The zero-order valence-corrected chi connectivity index (χ0v) is 10.1. The number of hydrogen-bond acceptors (Lipinski definition) is 3. The Balaban J connectivity index is 2.78. The number of halogens is 1. The lowest BCUT2D eigenvalue weighted by atomic mass is 10.1. The van der Waals surface area contributed by atoms with E-state index in [1.54, 1.807) is 7.11 Å². The largest absolute Gasteiger partial charge is 0.496 e. The van der Waals surface area contributed by atoms with Crippen molar-refractivity contribution >= 4 is 30.5 Å². The van der Waals surface area contributed by atoms with Gasteiger partial charge in [0.2, 0.25) is 0 Å². The van der Waals surface area contributed by atoms with Crippen LogP contribution in [0.15, 0.2) is 18.2 Å². The number of aldehydes is 1. The van der Waals surface area contributed by atoms with E-state index in [-0.39, 0.29) is 5.25 Å². The summed E-state index contributed by atoms with van der Waals surface area (Å²) in [6, 6.07) is 5.51. The molecule has 0 aromatic heterocycles. The number of carbonyl (C=O) groups excluding carboxylic acids is 1. The molecule has 0 aliphatic rings. The van der Waals surface area contributed by atoms with Crippen LogP contribution in [0.3, 0.4) is 0 Å². The molecular formula is C11H13ClO2S. The lowest BCUT2D eigenvalue weighted by Crippen LogP contribution is -2.03. The van der Waals surface area contributed by atoms with Gasteiger partial charge in [-0.3, -0.25) is 0 Å². The summed E-state index contributed by atoms with van der Waals surface area (Å²) in [4.78, 5) is 10.4. The van der Waals surface area contributed by atoms with Gasteiger partial charge in [-0.2, -0.15) is 12.6 Å². The monoisotopic (exact) mass is 244 g/mol. The van der Waals surface area contributed by atoms with Gasteiger partial charge in [0.25, 0.3) is 0 Å². The molecule has 1 unspecified atom stereocenters. The Morgan fingerprint density at radius 2 is 2.33 bits per heavy atom. The highest BCUT2D eigenvalue weighted by molar-refractivity contribution is 7.81. The molecule has 1 aromatic carbocycles. The number of methoxy groups -OCH3 is 1. The van der Waals surface area contributed by atoms with Crippen LogP contribution < -0.4 is 4.74 Å². The van der Waals surface area contributed by atoms with Gasteiger partial charge in [-0.05, 0) is 25.0 Å². The van der Waals surface area contributed by atoms with Crippen LogP contribution in [0.2, 0.25) is 5.02 Å². The molecule has 0 aliphatic carbocycles. The second-order valence-electron chi connectivity index (χ2n) is 3.16. The second-order valence-corrected chi connectivity index (χ2v) is 4.23. The number of rotatable bonds is 5. The van der Waals surface area contributed by atoms with Crippen LogP contribution in [0.4, 0.5) is 0 Å². The Labute approximate surface area is 100.0 Å². The first kappa shape index (κ1) is 12.4. The Bertz CT molecular complexity index is 341. The summed E-state index contributed by atoms with van der Waals surface area (Å²) < 4.78 is 5.19. The van der Waals surface area contributed by atoms with Gasteiger partial charge in [0, 0.05) is 10.6 Å². The van der Waals surface area contributed by atoms with Crippen LogP contribution in [-0.2, 0) is 11.2 Å². The normalized spacial score (nSPS) is 12.2. The molecule has 0 saturated heterocycles. The average Bonchev–Trinajstić information content (AvgIpc) is 2.26. The Morgan fingerprint density at radius 3 is 2.93 bits per heavy atom. The third kappa shape index (κ3) is 3.43. The zero-order chi connectivity index (χ0) is 11.3. The van der Waals surface area contributed by atoms with Gasteiger partial charge in [-0.15, -0.1) is 0 Å². The maximum absolute atomic E-state index is 10.4. The molecule has 0 radical (unpaired) electrons. The molecule has 1 aromatic rings. The first-order valence-corrected chi connectivity index (χ1v) is 5.53. The van der Waals surface area contributed by atoms with Crippen molar-refractivity contribution < 1.29 is 9.53 Å². The predicted octanol–water partition coefficient (Wildman–Crippen LogP) is 2.78. The molecule has 4 heteroatoms. The van der Waals surface area contributed by atoms with E-state index >= 15 is 0 Å². The molecule has 1 rings (SSSR count). The van der Waals surface area contributed by atoms with Crippen LogP contribution >= 0.6 is 24.2 Å². The van der Waals surface area contributed by atoms with Gasteiger partial charge >= 0.3 is 0 Å². The maximum atomic E-state index is 10.4. The predicted molar refractivity (Wildman–Crippen MR) is 65.2 cm³/mol. The van der Waals surface area contributed by atoms with Crippen molar-refractivity contribution in [1.29, 1.82) is 0 Å². The molecule has 0 N–H and O–H groups in total. The van der Waals surface area contributed by atoms with E-state index in [1.807, 2.05) is 18.2 Å². The SMILES string of the molecule is COc1cccc(Cl)c1CCC(S)C=O. The molecular weight excluding hydrogens is 232 g/mol. The quantitative estimate of drug-likeness (QED) is 0.637. The summed E-state index contributed by atoms with van der Waals surface area (Å²) >= 11 is 10.1. The number of thiol groups is 1. The van der Waals surface area contributed by atoms with Gasteiger partial charge in [0.15, 0.2) is 0 Å². The van der Waals surface area contributed by atoms with E-state index in [1.165, 1.54) is 0 Å². The van der Waals surface area contributed by atoms with Crippen molar-refractivity contribution in [3.63, 3.8) is 0 Å². The van der Waals surface area contributed by atoms with E-state index in [2.05, 4.69) is 12.6 Å². The highest BCUT2D eigenvalue weighted by Gasteiger charge is 2.09. The third-order valence-electron chi connectivity index (χ3n) is 2.14. The second kappa shape index (κ2) is 6.03. The number of carbonyl (C=O) groups is 1. The first-order chi connectivity index (χ1) is 7.19. The third-order valence-corrected chi connectivity index (χ3v) is 2.88. The molecule has 82 valence electrons. The lowest BCUT2D eigenvalue weighted by Gasteiger charge is -2.10. The van der Waals surface area contributed by atoms with Crippen molar-refractivity contribution in [2.75, 3.05) is 7.11 Å². The van der Waals surface area contributed by atoms with Gasteiger partial charge < -0.3 is 9.53 Å². The van der Waals surface area contributed by atoms with Crippen LogP contribution in [0.1, 0.15) is 12.0 Å². The summed E-state index contributed by atoms with van der Waals surface area (Å²) in [6.07, 6.45) is 2.18. The van der Waals surface area contributed by atoms with Crippen LogP contribution in [0, 0.1) is 0 Å². The molecule has 0 fully saturated rings. The van der Waals surface area contributed by atoms with Crippen LogP contribution in [-0.4, -0.2) is 18.6 Å².